The lowest BCUT2D eigenvalue weighted by atomic mass is 10.1. The molecule has 0 spiro atoms. The zero-order chi connectivity index (χ0) is 24.3. The van der Waals surface area contributed by atoms with E-state index in [1.807, 2.05) is 5.32 Å². The fourth-order valence-corrected chi connectivity index (χ4v) is 2.90. The number of nitrogens with two attached hydrogens (primary N) is 1. The minimum Gasteiger partial charge on any atom is -0.480 e. The zero-order valence-corrected chi connectivity index (χ0v) is 17.2. The van der Waals surface area contributed by atoms with Gasteiger partial charge in [-0.3, -0.25) is 28.8 Å². The van der Waals surface area contributed by atoms with E-state index in [0.29, 0.717) is 12.8 Å². The molecule has 32 heavy (non-hydrogen) atoms. The molecule has 1 aliphatic rings. The SMILES string of the molecule is NCC(=O)NCC(=O)N1CCC[C@H]1C(=O)N[C@@H](CO)C(=O)N[C@@H](CO)C(=O)NCC(=O)O. The highest BCUT2D eigenvalue weighted by molar-refractivity contribution is 5.95. The highest BCUT2D eigenvalue weighted by Crippen LogP contribution is 2.17. The average Bonchev–Trinajstić information content (AvgIpc) is 3.27. The normalized spacial score (nSPS) is 17.1. The van der Waals surface area contributed by atoms with Crippen molar-refractivity contribution in [3.63, 3.8) is 0 Å². The van der Waals surface area contributed by atoms with Crippen LogP contribution in [0.2, 0.25) is 0 Å². The third-order valence-corrected chi connectivity index (χ3v) is 4.54. The van der Waals surface area contributed by atoms with Crippen LogP contribution in [0, 0.1) is 0 Å². The molecule has 9 N–H and O–H groups in total. The molecule has 1 rings (SSSR count). The van der Waals surface area contributed by atoms with Crippen molar-refractivity contribution >= 4 is 35.5 Å². The number of nitrogens with zero attached hydrogens (tertiary/aromatic N) is 1. The summed E-state index contributed by atoms with van der Waals surface area (Å²) in [6, 6.07) is -3.95. The second kappa shape index (κ2) is 13.2. The first kappa shape index (κ1) is 26.7. The summed E-state index contributed by atoms with van der Waals surface area (Å²) in [5.74, 6) is -5.10. The second-order valence-corrected chi connectivity index (χ2v) is 6.83. The number of carboxylic acids is 1. The maximum atomic E-state index is 12.6. The Labute approximate surface area is 182 Å². The Morgan fingerprint density at radius 2 is 1.56 bits per heavy atom. The van der Waals surface area contributed by atoms with Gasteiger partial charge in [0.25, 0.3) is 0 Å². The summed E-state index contributed by atoms with van der Waals surface area (Å²) < 4.78 is 0. The van der Waals surface area contributed by atoms with Crippen LogP contribution >= 0.6 is 0 Å². The number of rotatable bonds is 12. The van der Waals surface area contributed by atoms with E-state index in [1.165, 1.54) is 4.90 Å². The van der Waals surface area contributed by atoms with Crippen molar-refractivity contribution in [2.24, 2.45) is 5.73 Å². The minimum atomic E-state index is -1.51. The first-order valence-electron chi connectivity index (χ1n) is 9.72. The molecule has 0 aliphatic carbocycles. The first-order valence-corrected chi connectivity index (χ1v) is 9.72. The van der Waals surface area contributed by atoms with Gasteiger partial charge in [-0.25, -0.2) is 0 Å². The second-order valence-electron chi connectivity index (χ2n) is 6.83. The Morgan fingerprint density at radius 1 is 0.938 bits per heavy atom. The third kappa shape index (κ3) is 8.09. The number of likely N-dealkylation sites (tertiary alicyclic amines) is 1. The van der Waals surface area contributed by atoms with Crippen LogP contribution in [0.25, 0.3) is 0 Å². The number of hydrogen-bond acceptors (Lipinski definition) is 9. The predicted molar refractivity (Wildman–Crippen MR) is 105 cm³/mol. The molecular weight excluding hydrogens is 432 g/mol. The van der Waals surface area contributed by atoms with Crippen LogP contribution in [0.5, 0.6) is 0 Å². The van der Waals surface area contributed by atoms with E-state index in [4.69, 9.17) is 10.8 Å². The predicted octanol–water partition coefficient (Wildman–Crippen LogP) is -5.79. The fraction of sp³-hybridized carbons (Fsp3) is 0.647. The van der Waals surface area contributed by atoms with E-state index in [2.05, 4.69) is 16.0 Å². The van der Waals surface area contributed by atoms with E-state index in [9.17, 15) is 39.0 Å². The van der Waals surface area contributed by atoms with Crippen molar-refractivity contribution < 1.29 is 44.1 Å². The number of carbonyl (C=O) groups is 6. The van der Waals surface area contributed by atoms with Crippen LogP contribution in [-0.2, 0) is 28.8 Å². The molecule has 0 aromatic carbocycles. The summed E-state index contributed by atoms with van der Waals surface area (Å²) in [5.41, 5.74) is 5.15. The molecule has 1 saturated heterocycles. The molecule has 0 radical (unpaired) electrons. The molecule has 0 aromatic rings. The number of nitrogens with one attached hydrogen (secondary N) is 4. The van der Waals surface area contributed by atoms with Crippen LogP contribution in [0.3, 0.4) is 0 Å². The lowest BCUT2D eigenvalue weighted by Crippen LogP contribution is -2.58. The Hall–Kier alpha value is -3.30. The third-order valence-electron chi connectivity index (χ3n) is 4.54. The van der Waals surface area contributed by atoms with Gasteiger partial charge in [0, 0.05) is 6.54 Å². The Balaban J connectivity index is 2.70. The van der Waals surface area contributed by atoms with Gasteiger partial charge in [-0.2, -0.15) is 0 Å². The molecule has 15 heteroatoms. The summed E-state index contributed by atoms with van der Waals surface area (Å²) in [4.78, 5) is 72.0. The largest absolute Gasteiger partial charge is 0.480 e. The van der Waals surface area contributed by atoms with Crippen LogP contribution in [0.4, 0.5) is 0 Å². The molecule has 3 atom stereocenters. The first-order chi connectivity index (χ1) is 15.1. The van der Waals surface area contributed by atoms with Crippen molar-refractivity contribution in [1.29, 1.82) is 0 Å². The lowest BCUT2D eigenvalue weighted by Gasteiger charge is -2.26. The van der Waals surface area contributed by atoms with Crippen molar-refractivity contribution in [1.82, 2.24) is 26.2 Å². The van der Waals surface area contributed by atoms with Gasteiger partial charge in [0.2, 0.25) is 29.5 Å². The van der Waals surface area contributed by atoms with Gasteiger partial charge in [0.05, 0.1) is 26.3 Å². The molecule has 0 saturated carbocycles. The summed E-state index contributed by atoms with van der Waals surface area (Å²) in [7, 11) is 0. The van der Waals surface area contributed by atoms with Gasteiger partial charge < -0.3 is 47.2 Å². The van der Waals surface area contributed by atoms with Gasteiger partial charge in [-0.05, 0) is 12.8 Å². The number of amides is 5. The summed E-state index contributed by atoms with van der Waals surface area (Å²) in [5, 5.41) is 36.0. The number of aliphatic hydroxyl groups excluding tert-OH is 2. The smallest absolute Gasteiger partial charge is 0.322 e. The Kier molecular flexibility index (Phi) is 11.0. The van der Waals surface area contributed by atoms with Gasteiger partial charge in [0.15, 0.2) is 0 Å². The van der Waals surface area contributed by atoms with Crippen molar-refractivity contribution in [3.8, 4) is 0 Å². The lowest BCUT2D eigenvalue weighted by molar-refractivity contribution is -0.140. The van der Waals surface area contributed by atoms with Gasteiger partial charge in [-0.1, -0.05) is 0 Å². The van der Waals surface area contributed by atoms with Gasteiger partial charge >= 0.3 is 5.97 Å². The molecule has 5 amide bonds. The quantitative estimate of drug-likeness (QED) is 0.137. The highest BCUT2D eigenvalue weighted by atomic mass is 16.4. The molecular formula is C17H28N6O9. The highest BCUT2D eigenvalue weighted by Gasteiger charge is 2.36. The Bertz CT molecular complexity index is 731. The van der Waals surface area contributed by atoms with E-state index < -0.39 is 73.4 Å². The maximum absolute atomic E-state index is 12.6. The molecule has 0 aromatic heterocycles. The fourth-order valence-electron chi connectivity index (χ4n) is 2.90. The topological polar surface area (TPSA) is 240 Å². The standard InChI is InChI=1S/C17H28N6O9/c18-4-12(26)19-5-13(27)23-3-1-2-11(23)17(32)22-10(8-25)16(31)21-9(7-24)15(30)20-6-14(28)29/h9-11,24-25H,1-8,18H2,(H,19,26)(H,20,30)(H,21,31)(H,22,32)(H,28,29)/t9-,10-,11-/m0/s1. The summed E-state index contributed by atoms with van der Waals surface area (Å²) >= 11 is 0. The van der Waals surface area contributed by atoms with Gasteiger partial charge in [-0.15, -0.1) is 0 Å². The van der Waals surface area contributed by atoms with Gasteiger partial charge in [0.1, 0.15) is 24.7 Å². The number of hydrogen-bond donors (Lipinski definition) is 8. The number of aliphatic hydroxyl groups is 2. The minimum absolute atomic E-state index is 0.252. The molecule has 1 aliphatic heterocycles. The van der Waals surface area contributed by atoms with Crippen molar-refractivity contribution in [3.05, 3.63) is 0 Å². The molecule has 0 unspecified atom stereocenters. The molecule has 15 nitrogen and oxygen atoms in total. The van der Waals surface area contributed by atoms with E-state index in [-0.39, 0.29) is 19.6 Å². The van der Waals surface area contributed by atoms with E-state index in [0.717, 1.165) is 0 Å². The van der Waals surface area contributed by atoms with E-state index in [1.54, 1.807) is 0 Å². The number of aliphatic carboxylic acids is 1. The monoisotopic (exact) mass is 460 g/mol. The Morgan fingerprint density at radius 3 is 2.12 bits per heavy atom. The molecule has 180 valence electrons. The van der Waals surface area contributed by atoms with Crippen LogP contribution in [0.15, 0.2) is 0 Å². The van der Waals surface area contributed by atoms with Crippen molar-refractivity contribution in [2.45, 2.75) is 31.0 Å². The number of carboxylic acid groups (broad SMARTS) is 1. The molecule has 0 bridgehead atoms. The van der Waals surface area contributed by atoms with Crippen LogP contribution in [0.1, 0.15) is 12.8 Å². The van der Waals surface area contributed by atoms with Crippen molar-refractivity contribution in [2.75, 3.05) is 39.4 Å². The summed E-state index contributed by atoms with van der Waals surface area (Å²) in [6.45, 7) is -2.84. The maximum Gasteiger partial charge on any atom is 0.322 e. The molecule has 1 fully saturated rings. The van der Waals surface area contributed by atoms with Crippen LogP contribution < -0.4 is 27.0 Å². The molecule has 1 heterocycles. The summed E-state index contributed by atoms with van der Waals surface area (Å²) in [6.07, 6.45) is 0.792. The van der Waals surface area contributed by atoms with Crippen LogP contribution in [-0.4, -0.2) is 113 Å². The number of carbonyl (C=O) groups excluding carboxylic acids is 5. The zero-order valence-electron chi connectivity index (χ0n) is 17.2. The van der Waals surface area contributed by atoms with E-state index >= 15 is 0 Å². The average molecular weight is 460 g/mol.